The van der Waals surface area contributed by atoms with Gasteiger partial charge in [0.25, 0.3) is 0 Å². The van der Waals surface area contributed by atoms with E-state index in [2.05, 4.69) is 110 Å². The van der Waals surface area contributed by atoms with E-state index in [-0.39, 0.29) is 73.6 Å². The highest BCUT2D eigenvalue weighted by Gasteiger charge is 2.29. The van der Waals surface area contributed by atoms with Crippen molar-refractivity contribution in [2.45, 2.75) is 477 Å². The summed E-state index contributed by atoms with van der Waals surface area (Å²) in [4.78, 5) is 87.0. The molecule has 1 aliphatic rings. The molecular formula is C104H192N4O12. The summed E-state index contributed by atoms with van der Waals surface area (Å²) in [5, 5.41) is 0. The average Bonchev–Trinajstić information content (AvgIpc) is 0.845. The van der Waals surface area contributed by atoms with E-state index >= 15 is 0 Å². The van der Waals surface area contributed by atoms with Crippen LogP contribution in [0.4, 0.5) is 0 Å². The van der Waals surface area contributed by atoms with E-state index in [0.29, 0.717) is 118 Å². The molecule has 1 rings (SSSR count). The first-order valence-corrected chi connectivity index (χ1v) is 51.4. The van der Waals surface area contributed by atoms with Gasteiger partial charge < -0.3 is 38.2 Å². The Morgan fingerprint density at radius 3 is 0.625 bits per heavy atom. The second kappa shape index (κ2) is 90.9. The van der Waals surface area contributed by atoms with Crippen LogP contribution in [-0.2, 0) is 57.2 Å². The number of carbonyl (C=O) groups excluding carboxylic acids is 6. The van der Waals surface area contributed by atoms with Gasteiger partial charge >= 0.3 is 35.8 Å². The Morgan fingerprint density at radius 1 is 0.225 bits per heavy atom. The molecule has 0 spiro atoms. The molecule has 2 atom stereocenters. The number of carbonyl (C=O) groups is 6. The molecule has 1 heterocycles. The van der Waals surface area contributed by atoms with Gasteiger partial charge in [0.15, 0.2) is 0 Å². The molecular weight excluding hydrogens is 1500 g/mol. The molecule has 2 unspecified atom stereocenters. The zero-order valence-corrected chi connectivity index (χ0v) is 79.4. The maximum absolute atomic E-state index is 13.1. The van der Waals surface area contributed by atoms with E-state index in [9.17, 15) is 28.8 Å². The average molecular weight is 1690 g/mol. The standard InChI is InChI=1S/C104H192N4O12/c1-7-11-15-19-23-27-31-35-39-43-47-51-55-59-63-71-89-115-101(111)77-83-105(84-78-102(112)116-90-72-64-60-56-52-48-44-40-36-32-28-24-20-16-12-8-2)81-69-67-75-99(109)119-93-87-107-95-98(6)108(96-97(107)5)88-94-120-100(110)76-68-70-82-106(85-79-103(113)117-91-73-65-61-57-53-49-45-41-37-33-29-25-21-17-13-9-3)86-80-104(114)118-92-74-66-62-58-54-50-46-42-38-34-30-26-22-18-14-10-4/h35-42,97-98H,7-34,43-96H2,1-6H3/b39-35-,40-36-,41-37-,42-38-. The van der Waals surface area contributed by atoms with Crippen molar-refractivity contribution in [2.24, 2.45) is 0 Å². The largest absolute Gasteiger partial charge is 0.466 e. The fourth-order valence-corrected chi connectivity index (χ4v) is 15.9. The van der Waals surface area contributed by atoms with Crippen molar-refractivity contribution in [3.8, 4) is 0 Å². The lowest BCUT2D eigenvalue weighted by Crippen LogP contribution is -2.57. The molecule has 0 aromatic carbocycles. The van der Waals surface area contributed by atoms with Crippen molar-refractivity contribution in [3.05, 3.63) is 48.6 Å². The van der Waals surface area contributed by atoms with Gasteiger partial charge in [-0.25, -0.2) is 0 Å². The van der Waals surface area contributed by atoms with Crippen LogP contribution in [0.2, 0.25) is 0 Å². The number of nitrogens with zero attached hydrogens (tertiary/aromatic N) is 4. The fraction of sp³-hybridized carbons (Fsp3) is 0.865. The molecule has 0 aliphatic carbocycles. The van der Waals surface area contributed by atoms with E-state index in [1.54, 1.807) is 0 Å². The molecule has 16 nitrogen and oxygen atoms in total. The van der Waals surface area contributed by atoms with E-state index in [1.807, 2.05) is 0 Å². The molecule has 0 amide bonds. The van der Waals surface area contributed by atoms with Gasteiger partial charge in [-0.05, 0) is 181 Å². The minimum Gasteiger partial charge on any atom is -0.466 e. The van der Waals surface area contributed by atoms with Crippen LogP contribution in [0, 0.1) is 0 Å². The van der Waals surface area contributed by atoms with E-state index < -0.39 is 0 Å². The number of allylic oxidation sites excluding steroid dienone is 8. The zero-order valence-electron chi connectivity index (χ0n) is 79.4. The normalized spacial score (nSPS) is 14.2. The molecule has 1 saturated heterocycles. The molecule has 1 fully saturated rings. The van der Waals surface area contributed by atoms with E-state index in [0.717, 1.165) is 103 Å². The Kier molecular flexibility index (Phi) is 86.0. The number of hydrogen-bond donors (Lipinski definition) is 0. The lowest BCUT2D eigenvalue weighted by molar-refractivity contribution is -0.146. The quantitative estimate of drug-likeness (QED) is 0.0244. The lowest BCUT2D eigenvalue weighted by atomic mass is 10.1. The van der Waals surface area contributed by atoms with Gasteiger partial charge in [-0.15, -0.1) is 0 Å². The Labute approximate surface area is 739 Å². The SMILES string of the molecule is CCCCCCCC/C=C\CCCCCCCCOC(=O)CCN(CCCCC(=O)OCCN1CC(C)N(CCOC(=O)CCCCN(CCC(=O)OCCCCCCCC/C=C\CCCCCCCC)CCC(=O)OCCCCCCCC/C=C\CCCCCCCC)CC1C)CCC(=O)OCCCCCCCC/C=C\CCCCCCCC. The Hall–Kier alpha value is -4.38. The number of ether oxygens (including phenoxy) is 6. The summed E-state index contributed by atoms with van der Waals surface area (Å²) in [5.41, 5.74) is 0. The van der Waals surface area contributed by atoms with E-state index in [4.69, 9.17) is 28.4 Å². The predicted octanol–water partition coefficient (Wildman–Crippen LogP) is 27.3. The summed E-state index contributed by atoms with van der Waals surface area (Å²) in [6, 6.07) is 0.446. The number of esters is 6. The third-order valence-electron chi connectivity index (χ3n) is 23.9. The van der Waals surface area contributed by atoms with Crippen LogP contribution in [0.3, 0.4) is 0 Å². The molecule has 1 aliphatic heterocycles. The summed E-state index contributed by atoms with van der Waals surface area (Å²) in [6.07, 6.45) is 92.2. The molecule has 0 aromatic heterocycles. The van der Waals surface area contributed by atoms with Gasteiger partial charge in [0.05, 0.1) is 52.1 Å². The topological polar surface area (TPSA) is 171 Å². The van der Waals surface area contributed by atoms with Crippen molar-refractivity contribution in [2.75, 3.05) is 105 Å². The summed E-state index contributed by atoms with van der Waals surface area (Å²) in [6.45, 7) is 21.9. The van der Waals surface area contributed by atoms with Gasteiger partial charge in [0, 0.05) is 77.3 Å². The Balaban J connectivity index is 2.56. The molecule has 0 radical (unpaired) electrons. The highest BCUT2D eigenvalue weighted by molar-refractivity contribution is 5.71. The van der Waals surface area contributed by atoms with Crippen molar-refractivity contribution in [3.63, 3.8) is 0 Å². The lowest BCUT2D eigenvalue weighted by Gasteiger charge is -2.44. The van der Waals surface area contributed by atoms with Gasteiger partial charge in [0.2, 0.25) is 0 Å². The Bertz CT molecular complexity index is 2140. The van der Waals surface area contributed by atoms with Crippen molar-refractivity contribution in [1.82, 2.24) is 19.6 Å². The molecule has 0 saturated carbocycles. The van der Waals surface area contributed by atoms with Gasteiger partial charge in [0.1, 0.15) is 13.2 Å². The second-order valence-corrected chi connectivity index (χ2v) is 35.4. The smallest absolute Gasteiger partial charge is 0.307 e. The van der Waals surface area contributed by atoms with Crippen LogP contribution in [0.5, 0.6) is 0 Å². The third-order valence-corrected chi connectivity index (χ3v) is 23.9. The summed E-state index contributed by atoms with van der Waals surface area (Å²) in [7, 11) is 0. The minimum atomic E-state index is -0.220. The minimum absolute atomic E-state index is 0.210. The number of rotatable bonds is 92. The summed E-state index contributed by atoms with van der Waals surface area (Å²) >= 11 is 0. The zero-order chi connectivity index (χ0) is 86.8. The highest BCUT2D eigenvalue weighted by atomic mass is 16.6. The maximum atomic E-state index is 13.1. The van der Waals surface area contributed by atoms with Crippen LogP contribution in [0.25, 0.3) is 0 Å². The number of unbranched alkanes of at least 4 members (excludes halogenated alkanes) is 50. The van der Waals surface area contributed by atoms with Crippen molar-refractivity contribution < 1.29 is 57.2 Å². The van der Waals surface area contributed by atoms with Gasteiger partial charge in [-0.3, -0.25) is 38.6 Å². The maximum Gasteiger partial charge on any atom is 0.307 e. The van der Waals surface area contributed by atoms with Crippen LogP contribution in [-0.4, -0.2) is 173 Å². The van der Waals surface area contributed by atoms with Crippen LogP contribution in [0.1, 0.15) is 465 Å². The molecule has 0 bridgehead atoms. The number of hydrogen-bond acceptors (Lipinski definition) is 16. The molecule has 700 valence electrons. The second-order valence-electron chi connectivity index (χ2n) is 35.4. The molecule has 120 heavy (non-hydrogen) atoms. The van der Waals surface area contributed by atoms with Crippen molar-refractivity contribution in [1.29, 1.82) is 0 Å². The van der Waals surface area contributed by atoms with E-state index in [1.165, 1.54) is 283 Å². The Morgan fingerprint density at radius 2 is 0.408 bits per heavy atom. The molecule has 0 aromatic rings. The van der Waals surface area contributed by atoms with Gasteiger partial charge in [-0.2, -0.15) is 0 Å². The summed E-state index contributed by atoms with van der Waals surface area (Å²) in [5.74, 6) is -1.28. The molecule has 16 heteroatoms. The van der Waals surface area contributed by atoms with Crippen LogP contribution >= 0.6 is 0 Å². The van der Waals surface area contributed by atoms with Crippen LogP contribution in [0.15, 0.2) is 48.6 Å². The van der Waals surface area contributed by atoms with Gasteiger partial charge in [-0.1, -0.05) is 307 Å². The molecule has 0 N–H and O–H groups in total. The summed E-state index contributed by atoms with van der Waals surface area (Å²) < 4.78 is 34.3. The monoisotopic (exact) mass is 1690 g/mol. The van der Waals surface area contributed by atoms with Crippen molar-refractivity contribution >= 4 is 35.8 Å². The first-order chi connectivity index (χ1) is 58.9. The third kappa shape index (κ3) is 80.7. The first-order valence-electron chi connectivity index (χ1n) is 51.4. The highest BCUT2D eigenvalue weighted by Crippen LogP contribution is 2.20. The number of piperazine rings is 1. The van der Waals surface area contributed by atoms with Crippen LogP contribution < -0.4 is 0 Å². The first kappa shape index (κ1) is 114. The fourth-order valence-electron chi connectivity index (χ4n) is 15.9. The predicted molar refractivity (Wildman–Crippen MR) is 505 cm³/mol.